The first-order valence-electron chi connectivity index (χ1n) is 8.23. The monoisotopic (exact) mass is 409 g/mol. The number of rotatable bonds is 6. The van der Waals surface area contributed by atoms with Crippen molar-refractivity contribution in [1.29, 1.82) is 0 Å². The van der Waals surface area contributed by atoms with Crippen LogP contribution in [0.3, 0.4) is 0 Å². The molecule has 0 radical (unpaired) electrons. The third-order valence-corrected chi connectivity index (χ3v) is 3.72. The molecule has 0 saturated carbocycles. The third kappa shape index (κ3) is 4.78. The summed E-state index contributed by atoms with van der Waals surface area (Å²) in [4.78, 5) is 48.2. The lowest BCUT2D eigenvalue weighted by molar-refractivity contribution is -0.385. The zero-order chi connectivity index (χ0) is 21.7. The van der Waals surface area contributed by atoms with E-state index in [9.17, 15) is 29.8 Å². The molecular formula is C19H11N3O8. The minimum Gasteiger partial charge on any atom is -0.423 e. The lowest BCUT2D eigenvalue weighted by Crippen LogP contribution is -2.13. The first kappa shape index (κ1) is 20.1. The number of hydrogen-bond acceptors (Lipinski definition) is 9. The van der Waals surface area contributed by atoms with Crippen LogP contribution in [0.1, 0.15) is 20.8 Å². The van der Waals surface area contributed by atoms with Gasteiger partial charge in [0, 0.05) is 30.5 Å². The van der Waals surface area contributed by atoms with E-state index in [1.807, 2.05) is 0 Å². The maximum Gasteiger partial charge on any atom is 0.362 e. The highest BCUT2D eigenvalue weighted by atomic mass is 16.6. The second-order valence-corrected chi connectivity index (χ2v) is 5.71. The highest BCUT2D eigenvalue weighted by Gasteiger charge is 2.15. The topological polar surface area (TPSA) is 152 Å². The Morgan fingerprint density at radius 1 is 0.700 bits per heavy atom. The van der Waals surface area contributed by atoms with E-state index in [-0.39, 0.29) is 34.1 Å². The molecule has 0 bridgehead atoms. The summed E-state index contributed by atoms with van der Waals surface area (Å²) in [6.45, 7) is 0. The fraction of sp³-hybridized carbons (Fsp3) is 0. The van der Waals surface area contributed by atoms with Gasteiger partial charge in [0.25, 0.3) is 11.4 Å². The van der Waals surface area contributed by atoms with E-state index in [2.05, 4.69) is 4.98 Å². The fourth-order valence-corrected chi connectivity index (χ4v) is 2.23. The van der Waals surface area contributed by atoms with Crippen molar-refractivity contribution in [2.75, 3.05) is 0 Å². The lowest BCUT2D eigenvalue weighted by Gasteiger charge is -2.06. The van der Waals surface area contributed by atoms with E-state index in [1.54, 1.807) is 0 Å². The smallest absolute Gasteiger partial charge is 0.362 e. The summed E-state index contributed by atoms with van der Waals surface area (Å²) in [5.74, 6) is -1.40. The van der Waals surface area contributed by atoms with E-state index < -0.39 is 21.8 Å². The summed E-state index contributed by atoms with van der Waals surface area (Å²) >= 11 is 0. The third-order valence-electron chi connectivity index (χ3n) is 3.72. The quantitative estimate of drug-likeness (QED) is 0.258. The lowest BCUT2D eigenvalue weighted by atomic mass is 10.2. The second kappa shape index (κ2) is 8.56. The molecule has 11 heteroatoms. The molecule has 30 heavy (non-hydrogen) atoms. The number of nitro benzene ring substituents is 2. The molecule has 0 N–H and O–H groups in total. The first-order chi connectivity index (χ1) is 14.3. The van der Waals surface area contributed by atoms with E-state index in [4.69, 9.17) is 9.47 Å². The van der Waals surface area contributed by atoms with Crippen molar-refractivity contribution >= 4 is 23.3 Å². The standard InChI is InChI=1S/C19H11N3O8/c23-18(29-15-6-2-13(3-7-15)21(25)26)12-1-10-17(20-11-12)19(24)30-16-8-4-14(5-9-16)22(27)28/h1-11H. The Labute approximate surface area is 167 Å². The normalized spacial score (nSPS) is 10.1. The Balaban J connectivity index is 1.63. The summed E-state index contributed by atoms with van der Waals surface area (Å²) in [6, 6.07) is 12.4. The molecule has 3 aromatic rings. The molecule has 150 valence electrons. The number of hydrogen-bond donors (Lipinski definition) is 0. The van der Waals surface area contributed by atoms with Crippen LogP contribution in [0.15, 0.2) is 66.9 Å². The van der Waals surface area contributed by atoms with Gasteiger partial charge in [0.05, 0.1) is 15.4 Å². The Kier molecular flexibility index (Phi) is 5.73. The van der Waals surface area contributed by atoms with Gasteiger partial charge in [-0.2, -0.15) is 0 Å². The van der Waals surface area contributed by atoms with Crippen LogP contribution in [-0.2, 0) is 0 Å². The number of pyridine rings is 1. The van der Waals surface area contributed by atoms with E-state index >= 15 is 0 Å². The van der Waals surface area contributed by atoms with Crippen LogP contribution in [0.5, 0.6) is 11.5 Å². The summed E-state index contributed by atoms with van der Waals surface area (Å²) in [7, 11) is 0. The molecule has 0 atom stereocenters. The SMILES string of the molecule is O=C(Oc1ccc([N+](=O)[O-])cc1)c1ccc(C(=O)Oc2ccc([N+](=O)[O-])cc2)nc1. The number of nitro groups is 2. The Morgan fingerprint density at radius 3 is 1.57 bits per heavy atom. The average Bonchev–Trinajstić information content (AvgIpc) is 2.74. The van der Waals surface area contributed by atoms with Gasteiger partial charge < -0.3 is 9.47 Å². The minimum atomic E-state index is -0.820. The van der Waals surface area contributed by atoms with Crippen LogP contribution in [-0.4, -0.2) is 26.8 Å². The van der Waals surface area contributed by atoms with Crippen LogP contribution >= 0.6 is 0 Å². The molecule has 11 nitrogen and oxygen atoms in total. The Morgan fingerprint density at radius 2 is 1.17 bits per heavy atom. The number of aromatic nitrogens is 1. The number of carbonyl (C=O) groups is 2. The molecule has 0 fully saturated rings. The molecular weight excluding hydrogens is 398 g/mol. The molecule has 3 rings (SSSR count). The van der Waals surface area contributed by atoms with Gasteiger partial charge in [-0.1, -0.05) is 0 Å². The van der Waals surface area contributed by atoms with Crippen LogP contribution < -0.4 is 9.47 Å². The minimum absolute atomic E-state index is 0.0419. The van der Waals surface area contributed by atoms with Gasteiger partial charge >= 0.3 is 11.9 Å². The molecule has 1 aromatic heterocycles. The molecule has 0 unspecified atom stereocenters. The highest BCUT2D eigenvalue weighted by Crippen LogP contribution is 2.20. The maximum atomic E-state index is 12.1. The molecule has 0 aliphatic carbocycles. The predicted octanol–water partition coefficient (Wildman–Crippen LogP) is 3.34. The van der Waals surface area contributed by atoms with Crippen molar-refractivity contribution in [3.63, 3.8) is 0 Å². The highest BCUT2D eigenvalue weighted by molar-refractivity contribution is 5.93. The number of nitrogens with zero attached hydrogens (tertiary/aromatic N) is 3. The van der Waals surface area contributed by atoms with Gasteiger partial charge in [-0.15, -0.1) is 0 Å². The Bertz CT molecular complexity index is 1020. The van der Waals surface area contributed by atoms with E-state index in [0.29, 0.717) is 0 Å². The zero-order valence-electron chi connectivity index (χ0n) is 15.0. The number of carbonyl (C=O) groups excluding carboxylic acids is 2. The molecule has 1 heterocycles. The number of benzene rings is 2. The van der Waals surface area contributed by atoms with Crippen LogP contribution in [0, 0.1) is 20.2 Å². The van der Waals surface area contributed by atoms with Crippen LogP contribution in [0.4, 0.5) is 11.4 Å². The van der Waals surface area contributed by atoms with Gasteiger partial charge in [0.15, 0.2) is 0 Å². The maximum absolute atomic E-state index is 12.1. The van der Waals surface area contributed by atoms with Crippen molar-refractivity contribution in [3.05, 3.63) is 98.3 Å². The molecule has 0 saturated heterocycles. The summed E-state index contributed by atoms with van der Waals surface area (Å²) in [6.07, 6.45) is 1.11. The van der Waals surface area contributed by atoms with Gasteiger partial charge in [0.2, 0.25) is 0 Å². The summed E-state index contributed by atoms with van der Waals surface area (Å²) < 4.78 is 10.2. The molecule has 0 amide bonds. The number of non-ortho nitro benzene ring substituents is 2. The molecule has 2 aromatic carbocycles. The van der Waals surface area contributed by atoms with Gasteiger partial charge in [-0.25, -0.2) is 14.6 Å². The molecule has 0 aliphatic rings. The van der Waals surface area contributed by atoms with E-state index in [0.717, 1.165) is 6.20 Å². The van der Waals surface area contributed by atoms with E-state index in [1.165, 1.54) is 60.7 Å². The van der Waals surface area contributed by atoms with Crippen LogP contribution in [0.2, 0.25) is 0 Å². The number of esters is 2. The van der Waals surface area contributed by atoms with Gasteiger partial charge in [0.1, 0.15) is 17.2 Å². The van der Waals surface area contributed by atoms with Crippen molar-refractivity contribution < 1.29 is 28.9 Å². The first-order valence-corrected chi connectivity index (χ1v) is 8.23. The largest absolute Gasteiger partial charge is 0.423 e. The van der Waals surface area contributed by atoms with Crippen molar-refractivity contribution in [2.24, 2.45) is 0 Å². The van der Waals surface area contributed by atoms with Crippen molar-refractivity contribution in [2.45, 2.75) is 0 Å². The Hall–Kier alpha value is -4.67. The predicted molar refractivity (Wildman–Crippen MR) is 100 cm³/mol. The number of ether oxygens (including phenoxy) is 2. The van der Waals surface area contributed by atoms with Gasteiger partial charge in [-0.3, -0.25) is 20.2 Å². The van der Waals surface area contributed by atoms with Gasteiger partial charge in [-0.05, 0) is 36.4 Å². The van der Waals surface area contributed by atoms with Crippen molar-refractivity contribution in [3.8, 4) is 11.5 Å². The second-order valence-electron chi connectivity index (χ2n) is 5.71. The molecule has 0 spiro atoms. The molecule has 0 aliphatic heterocycles. The van der Waals surface area contributed by atoms with Crippen LogP contribution in [0.25, 0.3) is 0 Å². The fourth-order valence-electron chi connectivity index (χ4n) is 2.23. The van der Waals surface area contributed by atoms with Crippen molar-refractivity contribution in [1.82, 2.24) is 4.98 Å². The zero-order valence-corrected chi connectivity index (χ0v) is 15.0. The average molecular weight is 409 g/mol. The summed E-state index contributed by atoms with van der Waals surface area (Å²) in [5.41, 5.74) is -0.350. The summed E-state index contributed by atoms with van der Waals surface area (Å²) in [5, 5.41) is 21.2.